The molecule has 2 N–H and O–H groups in total. The van der Waals surface area contributed by atoms with Crippen LogP contribution in [0.1, 0.15) is 47.0 Å². The van der Waals surface area contributed by atoms with Gasteiger partial charge in [0.25, 0.3) is 0 Å². The third kappa shape index (κ3) is 6.00. The molecule has 0 bridgehead atoms. The average molecular weight is 259 g/mol. The van der Waals surface area contributed by atoms with Crippen molar-refractivity contribution in [2.45, 2.75) is 59.1 Å². The Morgan fingerprint density at radius 2 is 1.89 bits per heavy atom. The van der Waals surface area contributed by atoms with Crippen molar-refractivity contribution in [3.05, 3.63) is 0 Å². The van der Waals surface area contributed by atoms with Gasteiger partial charge in [0.2, 0.25) is 5.91 Å². The first-order valence-corrected chi connectivity index (χ1v) is 6.58. The minimum Gasteiger partial charge on any atom is -0.480 e. The van der Waals surface area contributed by atoms with Gasteiger partial charge in [-0.1, -0.05) is 33.6 Å². The van der Waals surface area contributed by atoms with Gasteiger partial charge in [-0.25, -0.2) is 4.79 Å². The number of carboxylic acid groups (broad SMARTS) is 1. The van der Waals surface area contributed by atoms with Crippen molar-refractivity contribution in [1.82, 2.24) is 5.32 Å². The van der Waals surface area contributed by atoms with Gasteiger partial charge in [-0.15, -0.1) is 0 Å². The van der Waals surface area contributed by atoms with E-state index in [0.717, 1.165) is 12.8 Å². The molecular formula is C13H25NO4. The highest BCUT2D eigenvalue weighted by molar-refractivity contribution is 5.86. The lowest BCUT2D eigenvalue weighted by atomic mass is 9.99. The van der Waals surface area contributed by atoms with Crippen LogP contribution in [0.25, 0.3) is 0 Å². The Labute approximate surface area is 109 Å². The molecule has 5 heteroatoms. The molecule has 0 rings (SSSR count). The van der Waals surface area contributed by atoms with Gasteiger partial charge in [0.1, 0.15) is 12.1 Å². The van der Waals surface area contributed by atoms with E-state index in [9.17, 15) is 9.59 Å². The largest absolute Gasteiger partial charge is 0.480 e. The molecule has 106 valence electrons. The molecule has 0 aliphatic carbocycles. The summed E-state index contributed by atoms with van der Waals surface area (Å²) in [6.45, 7) is 7.90. The highest BCUT2D eigenvalue weighted by atomic mass is 16.5. The Hall–Kier alpha value is -1.10. The number of aliphatic carboxylic acids is 1. The predicted octanol–water partition coefficient (Wildman–Crippen LogP) is 1.81. The van der Waals surface area contributed by atoms with Crippen LogP contribution in [0.5, 0.6) is 0 Å². The molecule has 5 nitrogen and oxygen atoms in total. The predicted molar refractivity (Wildman–Crippen MR) is 69.3 cm³/mol. The van der Waals surface area contributed by atoms with Gasteiger partial charge < -0.3 is 15.2 Å². The number of unbranched alkanes of at least 4 members (excludes halogenated alkanes) is 1. The summed E-state index contributed by atoms with van der Waals surface area (Å²) in [6, 6.07) is -0.847. The van der Waals surface area contributed by atoms with Crippen LogP contribution in [0.2, 0.25) is 0 Å². The Bertz CT molecular complexity index is 268. The van der Waals surface area contributed by atoms with Crippen LogP contribution in [0.3, 0.4) is 0 Å². The van der Waals surface area contributed by atoms with Gasteiger partial charge in [-0.3, -0.25) is 4.79 Å². The molecule has 0 spiro atoms. The van der Waals surface area contributed by atoms with Crippen molar-refractivity contribution < 1.29 is 19.4 Å². The smallest absolute Gasteiger partial charge is 0.326 e. The first-order chi connectivity index (χ1) is 8.43. The summed E-state index contributed by atoms with van der Waals surface area (Å²) in [5.74, 6) is -1.47. The lowest BCUT2D eigenvalue weighted by Crippen LogP contribution is -2.48. The maximum Gasteiger partial charge on any atom is 0.326 e. The quantitative estimate of drug-likeness (QED) is 0.619. The minimum absolute atomic E-state index is 0.103. The highest BCUT2D eigenvalue weighted by Gasteiger charge is 2.27. The summed E-state index contributed by atoms with van der Waals surface area (Å²) in [5, 5.41) is 11.6. The Morgan fingerprint density at radius 3 is 2.33 bits per heavy atom. The van der Waals surface area contributed by atoms with Crippen LogP contribution in [0.15, 0.2) is 0 Å². The number of hydrogen-bond acceptors (Lipinski definition) is 3. The molecule has 3 atom stereocenters. The molecule has 0 aromatic heterocycles. The van der Waals surface area contributed by atoms with Crippen LogP contribution in [0.4, 0.5) is 0 Å². The first-order valence-electron chi connectivity index (χ1n) is 6.58. The SMILES string of the molecule is CCCCOC(C)C(=O)NC(C(=O)O)C(C)CC. The second-order valence-electron chi connectivity index (χ2n) is 4.58. The zero-order valence-corrected chi connectivity index (χ0v) is 11.7. The highest BCUT2D eigenvalue weighted by Crippen LogP contribution is 2.08. The number of carboxylic acids is 1. The summed E-state index contributed by atoms with van der Waals surface area (Å²) in [4.78, 5) is 22.8. The van der Waals surface area contributed by atoms with Crippen LogP contribution >= 0.6 is 0 Å². The lowest BCUT2D eigenvalue weighted by Gasteiger charge is -2.22. The van der Waals surface area contributed by atoms with Crippen LogP contribution in [0, 0.1) is 5.92 Å². The second kappa shape index (κ2) is 8.91. The Balaban J connectivity index is 4.28. The molecule has 0 aliphatic rings. The van der Waals surface area contributed by atoms with Crippen molar-refractivity contribution in [2.24, 2.45) is 5.92 Å². The van der Waals surface area contributed by atoms with Gasteiger partial charge in [0.05, 0.1) is 0 Å². The Morgan fingerprint density at radius 1 is 1.28 bits per heavy atom. The molecule has 0 aromatic rings. The molecule has 0 aliphatic heterocycles. The number of amides is 1. The van der Waals surface area contributed by atoms with E-state index in [1.807, 2.05) is 20.8 Å². The van der Waals surface area contributed by atoms with E-state index in [0.29, 0.717) is 13.0 Å². The van der Waals surface area contributed by atoms with Gasteiger partial charge in [-0.2, -0.15) is 0 Å². The number of carbonyl (C=O) groups excluding carboxylic acids is 1. The van der Waals surface area contributed by atoms with Gasteiger partial charge in [0.15, 0.2) is 0 Å². The topological polar surface area (TPSA) is 75.6 Å². The number of ether oxygens (including phenoxy) is 1. The molecule has 0 heterocycles. The van der Waals surface area contributed by atoms with Crippen molar-refractivity contribution in [3.63, 3.8) is 0 Å². The zero-order valence-electron chi connectivity index (χ0n) is 11.7. The molecule has 0 saturated heterocycles. The summed E-state index contributed by atoms with van der Waals surface area (Å²) in [7, 11) is 0. The van der Waals surface area contributed by atoms with Crippen LogP contribution in [-0.4, -0.2) is 35.7 Å². The summed E-state index contributed by atoms with van der Waals surface area (Å²) in [5.41, 5.74) is 0. The molecule has 3 unspecified atom stereocenters. The third-order valence-corrected chi connectivity index (χ3v) is 3.01. The van der Waals surface area contributed by atoms with Crippen molar-refractivity contribution >= 4 is 11.9 Å². The van der Waals surface area contributed by atoms with Crippen molar-refractivity contribution in [3.8, 4) is 0 Å². The monoisotopic (exact) mass is 259 g/mol. The number of hydrogen-bond donors (Lipinski definition) is 2. The minimum atomic E-state index is -1.00. The van der Waals surface area contributed by atoms with E-state index in [1.54, 1.807) is 6.92 Å². The fourth-order valence-corrected chi connectivity index (χ4v) is 1.43. The zero-order chi connectivity index (χ0) is 14.1. The van der Waals surface area contributed by atoms with E-state index >= 15 is 0 Å². The molecule has 18 heavy (non-hydrogen) atoms. The molecule has 0 radical (unpaired) electrons. The standard InChI is InChI=1S/C13H25NO4/c1-5-7-8-18-10(4)12(15)14-11(13(16)17)9(3)6-2/h9-11H,5-8H2,1-4H3,(H,14,15)(H,16,17). The number of rotatable bonds is 9. The lowest BCUT2D eigenvalue weighted by molar-refractivity contribution is -0.145. The van der Waals surface area contributed by atoms with E-state index < -0.39 is 18.1 Å². The van der Waals surface area contributed by atoms with E-state index in [1.165, 1.54) is 0 Å². The van der Waals surface area contributed by atoms with Gasteiger partial charge in [-0.05, 0) is 19.3 Å². The normalized spacial score (nSPS) is 15.8. The molecule has 0 saturated carbocycles. The Kier molecular flexibility index (Phi) is 8.37. The third-order valence-electron chi connectivity index (χ3n) is 3.01. The van der Waals surface area contributed by atoms with E-state index in [2.05, 4.69) is 5.32 Å². The van der Waals surface area contributed by atoms with Crippen LogP contribution in [-0.2, 0) is 14.3 Å². The first kappa shape index (κ1) is 16.9. The average Bonchev–Trinajstić information content (AvgIpc) is 2.34. The summed E-state index contributed by atoms with van der Waals surface area (Å²) >= 11 is 0. The second-order valence-corrected chi connectivity index (χ2v) is 4.58. The van der Waals surface area contributed by atoms with Crippen molar-refractivity contribution in [2.75, 3.05) is 6.61 Å². The fraction of sp³-hybridized carbons (Fsp3) is 0.846. The number of nitrogens with one attached hydrogen (secondary N) is 1. The summed E-state index contributed by atoms with van der Waals surface area (Å²) in [6.07, 6.45) is 1.98. The van der Waals surface area contributed by atoms with Gasteiger partial charge in [0, 0.05) is 6.61 Å². The fourth-order valence-electron chi connectivity index (χ4n) is 1.43. The summed E-state index contributed by atoms with van der Waals surface area (Å²) < 4.78 is 5.33. The maximum atomic E-state index is 11.8. The van der Waals surface area contributed by atoms with E-state index in [4.69, 9.17) is 9.84 Å². The van der Waals surface area contributed by atoms with Gasteiger partial charge >= 0.3 is 5.97 Å². The van der Waals surface area contributed by atoms with E-state index in [-0.39, 0.29) is 11.8 Å². The maximum absolute atomic E-state index is 11.8. The molecule has 1 amide bonds. The molecule has 0 aromatic carbocycles. The van der Waals surface area contributed by atoms with Crippen LogP contribution < -0.4 is 5.32 Å². The van der Waals surface area contributed by atoms with Crippen molar-refractivity contribution in [1.29, 1.82) is 0 Å². The molecular weight excluding hydrogens is 234 g/mol. The number of carbonyl (C=O) groups is 2. The molecule has 0 fully saturated rings.